The van der Waals surface area contributed by atoms with Gasteiger partial charge in [-0.3, -0.25) is 14.5 Å². The summed E-state index contributed by atoms with van der Waals surface area (Å²) in [7, 11) is 1.71. The van der Waals surface area contributed by atoms with Crippen LogP contribution in [0.4, 0.5) is 0 Å². The van der Waals surface area contributed by atoms with E-state index in [2.05, 4.69) is 28.0 Å². The normalized spacial score (nSPS) is 34.8. The largest absolute Gasteiger partial charge is 0.497 e. The van der Waals surface area contributed by atoms with Crippen molar-refractivity contribution in [3.8, 4) is 5.75 Å². The molecule has 184 valence electrons. The monoisotopic (exact) mass is 466 g/mol. The number of rotatable bonds is 5. The van der Waals surface area contributed by atoms with E-state index >= 15 is 0 Å². The van der Waals surface area contributed by atoms with E-state index in [1.54, 1.807) is 14.0 Å². The van der Waals surface area contributed by atoms with Gasteiger partial charge in [0.25, 0.3) is 0 Å². The average Bonchev–Trinajstić information content (AvgIpc) is 3.58. The first-order valence-corrected chi connectivity index (χ1v) is 13.4. The van der Waals surface area contributed by atoms with Crippen molar-refractivity contribution in [2.24, 2.45) is 11.8 Å². The number of methoxy groups -OCH3 is 1. The van der Waals surface area contributed by atoms with Gasteiger partial charge in [-0.25, -0.2) is 0 Å². The van der Waals surface area contributed by atoms with Gasteiger partial charge in [0.05, 0.1) is 13.2 Å². The molecule has 6 heteroatoms. The molecule has 5 aliphatic rings. The van der Waals surface area contributed by atoms with Crippen LogP contribution in [0.25, 0.3) is 0 Å². The first-order valence-electron chi connectivity index (χ1n) is 13.4. The number of fused-ring (bicyclic) bond motifs is 1. The van der Waals surface area contributed by atoms with Crippen LogP contribution in [0.15, 0.2) is 18.2 Å². The number of likely N-dealkylation sites (tertiary alicyclic amines) is 2. The topological polar surface area (TPSA) is 59.1 Å². The van der Waals surface area contributed by atoms with Crippen molar-refractivity contribution >= 4 is 11.9 Å². The second-order valence-corrected chi connectivity index (χ2v) is 11.5. The molecule has 4 atom stereocenters. The second-order valence-electron chi connectivity index (χ2n) is 11.5. The molecule has 0 N–H and O–H groups in total. The van der Waals surface area contributed by atoms with E-state index in [0.29, 0.717) is 6.42 Å². The molecule has 1 aromatic rings. The number of nitrogens with zero attached hydrogens (tertiary/aromatic N) is 2. The van der Waals surface area contributed by atoms with E-state index in [1.165, 1.54) is 30.4 Å². The Morgan fingerprint density at radius 2 is 1.88 bits per heavy atom. The Labute approximate surface area is 203 Å². The Hall–Kier alpha value is -2.08. The van der Waals surface area contributed by atoms with Gasteiger partial charge in [-0.2, -0.15) is 0 Å². The molecule has 0 unspecified atom stereocenters. The molecule has 3 aliphatic carbocycles. The van der Waals surface area contributed by atoms with Crippen LogP contribution in [-0.2, 0) is 26.2 Å². The molecule has 34 heavy (non-hydrogen) atoms. The van der Waals surface area contributed by atoms with E-state index in [0.717, 1.165) is 70.0 Å². The average molecular weight is 467 g/mol. The predicted molar refractivity (Wildman–Crippen MR) is 129 cm³/mol. The van der Waals surface area contributed by atoms with Crippen LogP contribution >= 0.6 is 0 Å². The van der Waals surface area contributed by atoms with E-state index in [-0.39, 0.29) is 29.3 Å². The molecule has 6 rings (SSSR count). The Morgan fingerprint density at radius 1 is 1.09 bits per heavy atom. The number of benzene rings is 1. The lowest BCUT2D eigenvalue weighted by Crippen LogP contribution is -2.70. The quantitative estimate of drug-likeness (QED) is 0.620. The molecular formula is C28H38N2O4. The van der Waals surface area contributed by atoms with Crippen LogP contribution in [0.5, 0.6) is 5.75 Å². The van der Waals surface area contributed by atoms with Crippen LogP contribution in [0.3, 0.4) is 0 Å². The highest BCUT2D eigenvalue weighted by Gasteiger charge is 2.71. The molecule has 2 saturated heterocycles. The van der Waals surface area contributed by atoms with Crippen molar-refractivity contribution in [3.05, 3.63) is 29.3 Å². The maximum Gasteiger partial charge on any atom is 0.303 e. The summed E-state index contributed by atoms with van der Waals surface area (Å²) in [5.74, 6) is 1.57. The predicted octanol–water partition coefficient (Wildman–Crippen LogP) is 3.70. The number of esters is 1. The molecular weight excluding hydrogens is 428 g/mol. The van der Waals surface area contributed by atoms with Crippen LogP contribution in [0.1, 0.15) is 69.4 Å². The van der Waals surface area contributed by atoms with Gasteiger partial charge in [0.15, 0.2) is 0 Å². The van der Waals surface area contributed by atoms with E-state index in [4.69, 9.17) is 9.47 Å². The first kappa shape index (κ1) is 22.4. The van der Waals surface area contributed by atoms with Gasteiger partial charge in [0, 0.05) is 44.3 Å². The Bertz CT molecular complexity index is 985. The van der Waals surface area contributed by atoms with Crippen LogP contribution in [0.2, 0.25) is 0 Å². The minimum Gasteiger partial charge on any atom is -0.497 e. The molecule has 2 bridgehead atoms. The zero-order valence-corrected chi connectivity index (χ0v) is 20.7. The molecule has 1 aromatic carbocycles. The van der Waals surface area contributed by atoms with E-state index < -0.39 is 5.60 Å². The van der Waals surface area contributed by atoms with Crippen molar-refractivity contribution in [2.75, 3.05) is 33.3 Å². The van der Waals surface area contributed by atoms with Gasteiger partial charge in [-0.15, -0.1) is 0 Å². The number of carbonyl (C=O) groups is 2. The molecule has 0 aromatic heterocycles. The van der Waals surface area contributed by atoms with Gasteiger partial charge in [0.1, 0.15) is 11.4 Å². The van der Waals surface area contributed by atoms with Gasteiger partial charge in [0.2, 0.25) is 5.91 Å². The van der Waals surface area contributed by atoms with Gasteiger partial charge in [-0.1, -0.05) is 6.07 Å². The minimum atomic E-state index is -0.651. The molecule has 2 aliphatic heterocycles. The van der Waals surface area contributed by atoms with Crippen molar-refractivity contribution in [2.45, 2.75) is 81.8 Å². The molecule has 4 fully saturated rings. The second kappa shape index (κ2) is 8.25. The third kappa shape index (κ3) is 3.39. The highest BCUT2D eigenvalue weighted by molar-refractivity contribution is 5.80. The third-order valence-electron chi connectivity index (χ3n) is 9.54. The number of piperidine rings is 2. The fourth-order valence-electron chi connectivity index (χ4n) is 7.92. The molecule has 6 nitrogen and oxygen atoms in total. The first-order chi connectivity index (χ1) is 16.5. The summed E-state index contributed by atoms with van der Waals surface area (Å²) in [5, 5.41) is 0. The summed E-state index contributed by atoms with van der Waals surface area (Å²) >= 11 is 0. The van der Waals surface area contributed by atoms with E-state index in [1.807, 2.05) is 0 Å². The summed E-state index contributed by atoms with van der Waals surface area (Å²) in [5.41, 5.74) is 1.60. The third-order valence-corrected chi connectivity index (χ3v) is 9.54. The lowest BCUT2D eigenvalue weighted by molar-refractivity contribution is -0.189. The maximum absolute atomic E-state index is 13.8. The smallest absolute Gasteiger partial charge is 0.303 e. The van der Waals surface area contributed by atoms with Crippen LogP contribution in [0, 0.1) is 11.8 Å². The van der Waals surface area contributed by atoms with Crippen LogP contribution < -0.4 is 4.74 Å². The zero-order chi connectivity index (χ0) is 23.5. The number of carbonyl (C=O) groups excluding carboxylic acids is 2. The van der Waals surface area contributed by atoms with Gasteiger partial charge < -0.3 is 14.4 Å². The SMILES string of the molecule is COc1ccc2c(c1)[C@]13CCN(CC4CC4)[C@H](C2)[C@]1(OC(C)=O)C[C@@H](C(=O)N1CCCCC1)C3. The summed E-state index contributed by atoms with van der Waals surface area (Å²) in [6, 6.07) is 6.57. The zero-order valence-electron chi connectivity index (χ0n) is 20.7. The van der Waals surface area contributed by atoms with Crippen molar-refractivity contribution in [3.63, 3.8) is 0 Å². The number of hydrogen-bond acceptors (Lipinski definition) is 5. The van der Waals surface area contributed by atoms with Crippen molar-refractivity contribution in [1.82, 2.24) is 9.80 Å². The Balaban J connectivity index is 1.46. The molecule has 0 spiro atoms. The highest BCUT2D eigenvalue weighted by Crippen LogP contribution is 2.64. The van der Waals surface area contributed by atoms with Crippen LogP contribution in [-0.4, -0.2) is 66.6 Å². The highest BCUT2D eigenvalue weighted by atomic mass is 16.6. The van der Waals surface area contributed by atoms with Crippen molar-refractivity contribution < 1.29 is 19.1 Å². The van der Waals surface area contributed by atoms with E-state index in [9.17, 15) is 9.59 Å². The Kier molecular flexibility index (Phi) is 5.43. The summed E-state index contributed by atoms with van der Waals surface area (Å²) in [6.07, 6.45) is 9.21. The number of ether oxygens (including phenoxy) is 2. The molecule has 1 amide bonds. The number of hydrogen-bond donors (Lipinski definition) is 0. The fourth-order valence-corrected chi connectivity index (χ4v) is 7.92. The minimum absolute atomic E-state index is 0.0991. The number of amides is 1. The summed E-state index contributed by atoms with van der Waals surface area (Å²) < 4.78 is 12.1. The lowest BCUT2D eigenvalue weighted by atomic mass is 9.56. The molecule has 2 saturated carbocycles. The standard InChI is InChI=1S/C28H38N2O4/c1-19(31)34-28-17-22(26(32)29-11-4-3-5-12-29)16-27(28)10-13-30(18-20-6-7-20)25(28)14-21-8-9-23(33-2)15-24(21)27/h8-9,15,20,22,25H,3-7,10-14,16-18H2,1-2H3/t22-,25+,27+,28+/m0/s1. The molecule has 0 radical (unpaired) electrons. The van der Waals surface area contributed by atoms with Crippen molar-refractivity contribution in [1.29, 1.82) is 0 Å². The molecule has 2 heterocycles. The van der Waals surface area contributed by atoms with Gasteiger partial charge >= 0.3 is 5.97 Å². The maximum atomic E-state index is 13.8. The summed E-state index contributed by atoms with van der Waals surface area (Å²) in [6.45, 7) is 5.37. The fraction of sp³-hybridized carbons (Fsp3) is 0.714. The Morgan fingerprint density at radius 3 is 2.59 bits per heavy atom. The van der Waals surface area contributed by atoms with Gasteiger partial charge in [-0.05, 0) is 87.1 Å². The lowest BCUT2D eigenvalue weighted by Gasteiger charge is -2.60. The summed E-state index contributed by atoms with van der Waals surface area (Å²) in [4.78, 5) is 31.2.